The van der Waals surface area contributed by atoms with Crippen LogP contribution in [0.15, 0.2) is 0 Å². The van der Waals surface area contributed by atoms with E-state index in [0.717, 1.165) is 43.7 Å². The lowest BCUT2D eigenvalue weighted by atomic mass is 9.49. The van der Waals surface area contributed by atoms with Gasteiger partial charge in [0.1, 0.15) is 0 Å². The summed E-state index contributed by atoms with van der Waals surface area (Å²) < 4.78 is 0. The highest BCUT2D eigenvalue weighted by atomic mass is 16.3. The molecule has 0 spiro atoms. The quantitative estimate of drug-likeness (QED) is 0.839. The van der Waals surface area contributed by atoms with E-state index in [0.29, 0.717) is 5.41 Å². The summed E-state index contributed by atoms with van der Waals surface area (Å²) in [6.07, 6.45) is 10.3. The van der Waals surface area contributed by atoms with Gasteiger partial charge in [-0.25, -0.2) is 4.79 Å². The van der Waals surface area contributed by atoms with E-state index in [9.17, 15) is 9.90 Å². The number of aliphatic hydroxyl groups is 1. The van der Waals surface area contributed by atoms with E-state index < -0.39 is 0 Å². The molecule has 0 aromatic rings. The molecule has 0 aromatic carbocycles. The first-order valence-corrected chi connectivity index (χ1v) is 8.83. The van der Waals surface area contributed by atoms with Crippen molar-refractivity contribution in [3.05, 3.63) is 0 Å². The fourth-order valence-electron chi connectivity index (χ4n) is 6.16. The molecule has 1 atom stereocenters. The van der Waals surface area contributed by atoms with E-state index in [1.807, 2.05) is 4.90 Å². The van der Waals surface area contributed by atoms with Gasteiger partial charge in [0.2, 0.25) is 0 Å². The molecule has 0 aromatic heterocycles. The van der Waals surface area contributed by atoms with Crippen molar-refractivity contribution < 1.29 is 9.90 Å². The Balaban J connectivity index is 1.37. The van der Waals surface area contributed by atoms with E-state index in [4.69, 9.17) is 0 Å². The topological polar surface area (TPSA) is 52.6 Å². The zero-order valence-corrected chi connectivity index (χ0v) is 12.9. The molecule has 5 aliphatic rings. The van der Waals surface area contributed by atoms with Gasteiger partial charge in [0.15, 0.2) is 0 Å². The van der Waals surface area contributed by atoms with Crippen LogP contribution < -0.4 is 5.32 Å². The number of likely N-dealkylation sites (tertiary alicyclic amines) is 1. The third-order valence-electron chi connectivity index (χ3n) is 6.63. The van der Waals surface area contributed by atoms with Crippen molar-refractivity contribution in [2.45, 2.75) is 57.4 Å². The Bertz CT molecular complexity index is 388. The molecule has 5 rings (SSSR count). The molecule has 4 saturated carbocycles. The number of amides is 2. The van der Waals surface area contributed by atoms with Gasteiger partial charge in [-0.05, 0) is 74.5 Å². The second-order valence-electron chi connectivity index (χ2n) is 8.25. The lowest BCUT2D eigenvalue weighted by Gasteiger charge is -2.57. The minimum atomic E-state index is 0.0429. The standard InChI is InChI=1S/C17H28N2O2/c20-10-15-2-1-3-19(15)16(21)18-11-17-7-12-4-13(8-17)6-14(5-12)9-17/h12-15,20H,1-11H2,(H,18,21)/t12?,13?,14?,15-,17?/m1/s1. The summed E-state index contributed by atoms with van der Waals surface area (Å²) in [5.74, 6) is 2.81. The number of nitrogens with one attached hydrogen (secondary N) is 1. The molecule has 21 heavy (non-hydrogen) atoms. The Labute approximate surface area is 127 Å². The Hall–Kier alpha value is -0.770. The molecular formula is C17H28N2O2. The van der Waals surface area contributed by atoms with Crippen LogP contribution in [0.5, 0.6) is 0 Å². The van der Waals surface area contributed by atoms with Gasteiger partial charge in [-0.15, -0.1) is 0 Å². The van der Waals surface area contributed by atoms with E-state index in [1.165, 1.54) is 38.5 Å². The number of hydrogen-bond acceptors (Lipinski definition) is 2. The molecule has 5 fully saturated rings. The molecule has 0 unspecified atom stereocenters. The van der Waals surface area contributed by atoms with Gasteiger partial charge < -0.3 is 15.3 Å². The minimum absolute atomic E-state index is 0.0429. The number of carbonyl (C=O) groups excluding carboxylic acids is 1. The first-order valence-electron chi connectivity index (χ1n) is 8.83. The molecular weight excluding hydrogens is 264 g/mol. The van der Waals surface area contributed by atoms with Crippen molar-refractivity contribution in [2.75, 3.05) is 19.7 Å². The van der Waals surface area contributed by atoms with Crippen molar-refractivity contribution in [1.29, 1.82) is 0 Å². The van der Waals surface area contributed by atoms with Crippen LogP contribution in [0.25, 0.3) is 0 Å². The number of rotatable bonds is 3. The van der Waals surface area contributed by atoms with E-state index in [2.05, 4.69) is 5.32 Å². The van der Waals surface area contributed by atoms with Crippen molar-refractivity contribution in [1.82, 2.24) is 10.2 Å². The summed E-state index contributed by atoms with van der Waals surface area (Å²) in [6, 6.07) is 0.101. The van der Waals surface area contributed by atoms with Crippen LogP contribution in [0.2, 0.25) is 0 Å². The van der Waals surface area contributed by atoms with E-state index in [1.54, 1.807) is 0 Å². The van der Waals surface area contributed by atoms with Crippen molar-refractivity contribution in [3.63, 3.8) is 0 Å². The summed E-state index contributed by atoms with van der Waals surface area (Å²) in [5.41, 5.74) is 0.402. The van der Waals surface area contributed by atoms with E-state index >= 15 is 0 Å². The van der Waals surface area contributed by atoms with Crippen LogP contribution in [-0.4, -0.2) is 41.8 Å². The Kier molecular flexibility index (Phi) is 3.40. The maximum atomic E-state index is 12.4. The van der Waals surface area contributed by atoms with Crippen LogP contribution in [0.3, 0.4) is 0 Å². The molecule has 0 radical (unpaired) electrons. The number of carbonyl (C=O) groups is 1. The second kappa shape index (κ2) is 5.15. The lowest BCUT2D eigenvalue weighted by molar-refractivity contribution is -0.0503. The van der Waals surface area contributed by atoms with Gasteiger partial charge in [0, 0.05) is 13.1 Å². The van der Waals surface area contributed by atoms with Gasteiger partial charge in [-0.3, -0.25) is 0 Å². The fraction of sp³-hybridized carbons (Fsp3) is 0.941. The number of aliphatic hydroxyl groups excluding tert-OH is 1. The summed E-state index contributed by atoms with van der Waals surface area (Å²) >= 11 is 0. The normalized spacial score (nSPS) is 44.3. The maximum absolute atomic E-state index is 12.4. The second-order valence-corrected chi connectivity index (χ2v) is 8.25. The molecule has 1 heterocycles. The highest BCUT2D eigenvalue weighted by Gasteiger charge is 2.50. The zero-order valence-electron chi connectivity index (χ0n) is 12.9. The Morgan fingerprint density at radius 3 is 2.33 bits per heavy atom. The Morgan fingerprint density at radius 2 is 1.76 bits per heavy atom. The smallest absolute Gasteiger partial charge is 0.317 e. The summed E-state index contributed by atoms with van der Waals surface area (Å²) in [4.78, 5) is 14.3. The predicted octanol–water partition coefficient (Wildman–Crippen LogP) is 2.37. The minimum Gasteiger partial charge on any atom is -0.394 e. The zero-order chi connectivity index (χ0) is 14.4. The first-order chi connectivity index (χ1) is 10.2. The van der Waals surface area contributed by atoms with Crippen molar-refractivity contribution in [2.24, 2.45) is 23.2 Å². The highest BCUT2D eigenvalue weighted by molar-refractivity contribution is 5.74. The summed E-state index contributed by atoms with van der Waals surface area (Å²) in [6.45, 7) is 1.77. The predicted molar refractivity (Wildman–Crippen MR) is 80.8 cm³/mol. The molecule has 2 N–H and O–H groups in total. The molecule has 4 nitrogen and oxygen atoms in total. The van der Waals surface area contributed by atoms with Gasteiger partial charge in [0.25, 0.3) is 0 Å². The summed E-state index contributed by atoms with van der Waals surface area (Å²) in [7, 11) is 0. The van der Waals surface area contributed by atoms with Crippen molar-refractivity contribution >= 4 is 6.03 Å². The lowest BCUT2D eigenvalue weighted by Crippen LogP contribution is -2.53. The van der Waals surface area contributed by atoms with Crippen LogP contribution in [0.1, 0.15) is 51.4 Å². The first kappa shape index (κ1) is 13.9. The van der Waals surface area contributed by atoms with Gasteiger partial charge in [-0.1, -0.05) is 0 Å². The largest absolute Gasteiger partial charge is 0.394 e. The maximum Gasteiger partial charge on any atom is 0.317 e. The van der Waals surface area contributed by atoms with Crippen LogP contribution in [0, 0.1) is 23.2 Å². The van der Waals surface area contributed by atoms with Crippen molar-refractivity contribution in [3.8, 4) is 0 Å². The average molecular weight is 292 g/mol. The number of nitrogens with zero attached hydrogens (tertiary/aromatic N) is 1. The number of urea groups is 1. The monoisotopic (exact) mass is 292 g/mol. The molecule has 1 aliphatic heterocycles. The van der Waals surface area contributed by atoms with Crippen LogP contribution in [-0.2, 0) is 0 Å². The third kappa shape index (κ3) is 2.45. The van der Waals surface area contributed by atoms with Gasteiger partial charge in [-0.2, -0.15) is 0 Å². The molecule has 4 aliphatic carbocycles. The summed E-state index contributed by atoms with van der Waals surface area (Å²) in [5, 5.41) is 12.6. The van der Waals surface area contributed by atoms with E-state index in [-0.39, 0.29) is 18.7 Å². The molecule has 4 heteroatoms. The number of hydrogen-bond donors (Lipinski definition) is 2. The van der Waals surface area contributed by atoms with Gasteiger partial charge in [0.05, 0.1) is 12.6 Å². The molecule has 118 valence electrons. The SMILES string of the molecule is O=C(NCC12CC3CC(CC(C3)C1)C2)N1CCC[C@@H]1CO. The van der Waals surface area contributed by atoms with Crippen LogP contribution >= 0.6 is 0 Å². The molecule has 1 saturated heterocycles. The van der Waals surface area contributed by atoms with Crippen LogP contribution in [0.4, 0.5) is 4.79 Å². The third-order valence-corrected chi connectivity index (χ3v) is 6.63. The van der Waals surface area contributed by atoms with Gasteiger partial charge >= 0.3 is 6.03 Å². The fourth-order valence-corrected chi connectivity index (χ4v) is 6.16. The average Bonchev–Trinajstić information content (AvgIpc) is 2.92. The molecule has 4 bridgehead atoms. The molecule has 2 amide bonds. The Morgan fingerprint density at radius 1 is 1.14 bits per heavy atom. The highest BCUT2D eigenvalue weighted by Crippen LogP contribution is 2.59.